The van der Waals surface area contributed by atoms with E-state index in [2.05, 4.69) is 44.9 Å². The molecule has 2 aromatic carbocycles. The van der Waals surface area contributed by atoms with E-state index in [1.54, 1.807) is 6.07 Å². The normalized spacial score (nSPS) is 18.4. The number of hydrogen-bond acceptors (Lipinski definition) is 5. The Hall–Kier alpha value is -3.07. The highest BCUT2D eigenvalue weighted by Gasteiger charge is 2.35. The minimum atomic E-state index is -0.381. The van der Waals surface area contributed by atoms with Crippen LogP contribution in [0.5, 0.6) is 0 Å². The van der Waals surface area contributed by atoms with E-state index >= 15 is 0 Å². The molecule has 0 radical (unpaired) electrons. The van der Waals surface area contributed by atoms with Crippen molar-refractivity contribution in [2.75, 3.05) is 18.8 Å². The molecule has 0 unspecified atom stereocenters. The van der Waals surface area contributed by atoms with E-state index in [1.165, 1.54) is 17.8 Å². The molecular formula is C26H25BrFN5O. The van der Waals surface area contributed by atoms with Gasteiger partial charge in [-0.25, -0.2) is 9.07 Å². The Labute approximate surface area is 206 Å². The fourth-order valence-corrected chi connectivity index (χ4v) is 4.48. The molecule has 0 bridgehead atoms. The van der Waals surface area contributed by atoms with E-state index in [1.807, 2.05) is 47.3 Å². The lowest BCUT2D eigenvalue weighted by Crippen LogP contribution is -2.27. The molecule has 4 aromatic rings. The zero-order valence-corrected chi connectivity index (χ0v) is 20.3. The Morgan fingerprint density at radius 3 is 2.56 bits per heavy atom. The molecule has 2 aromatic heterocycles. The Morgan fingerprint density at radius 2 is 1.85 bits per heavy atom. The largest absolute Gasteiger partial charge is 0.399 e. The van der Waals surface area contributed by atoms with Crippen LogP contribution in [0.1, 0.15) is 24.3 Å². The molecule has 2 atom stereocenters. The maximum atomic E-state index is 13.6. The van der Waals surface area contributed by atoms with Crippen LogP contribution in [0.4, 0.5) is 10.1 Å². The first kappa shape index (κ1) is 22.7. The average molecular weight is 522 g/mol. The predicted molar refractivity (Wildman–Crippen MR) is 134 cm³/mol. The molecule has 174 valence electrons. The lowest BCUT2D eigenvalue weighted by molar-refractivity contribution is 0.00520. The number of anilines is 1. The highest BCUT2D eigenvalue weighted by atomic mass is 79.9. The molecule has 0 saturated carbocycles. The van der Waals surface area contributed by atoms with Crippen molar-refractivity contribution in [2.45, 2.75) is 25.7 Å². The zero-order valence-electron chi connectivity index (χ0n) is 18.7. The van der Waals surface area contributed by atoms with Gasteiger partial charge in [-0.3, -0.25) is 9.88 Å². The Bertz CT molecular complexity index is 1260. The number of nitrogen functional groups attached to an aromatic ring is 1. The van der Waals surface area contributed by atoms with Gasteiger partial charge in [0.05, 0.1) is 23.7 Å². The van der Waals surface area contributed by atoms with Crippen molar-refractivity contribution in [3.05, 3.63) is 94.5 Å². The molecule has 0 aliphatic carbocycles. The summed E-state index contributed by atoms with van der Waals surface area (Å²) >= 11 is 3.48. The third-order valence-corrected chi connectivity index (χ3v) is 6.45. The van der Waals surface area contributed by atoms with E-state index < -0.39 is 0 Å². The molecule has 1 aliphatic rings. The second-order valence-electron chi connectivity index (χ2n) is 8.50. The van der Waals surface area contributed by atoms with Gasteiger partial charge in [-0.2, -0.15) is 5.10 Å². The van der Waals surface area contributed by atoms with E-state index in [4.69, 9.17) is 15.6 Å². The smallest absolute Gasteiger partial charge is 0.141 e. The Morgan fingerprint density at radius 1 is 1.09 bits per heavy atom. The van der Waals surface area contributed by atoms with Gasteiger partial charge >= 0.3 is 0 Å². The maximum Gasteiger partial charge on any atom is 0.141 e. The van der Waals surface area contributed by atoms with Crippen molar-refractivity contribution in [3.8, 4) is 17.1 Å². The fraction of sp³-hybridized carbons (Fsp3) is 0.231. The number of ether oxygens (including phenoxy) is 1. The monoisotopic (exact) mass is 521 g/mol. The lowest BCUT2D eigenvalue weighted by atomic mass is 10.1. The van der Waals surface area contributed by atoms with Crippen LogP contribution in [0.15, 0.2) is 77.5 Å². The standard InChI is InChI=1S/C26H25BrFN5O/c1-17-15-32(13-12-18-2-7-21(29)8-3-18)26(34-17)23-16-33(22-9-4-19(27)5-10-22)31-25(23)24-11-6-20(28)14-30-24/h2-11,14,16-17,26H,12-13,15,29H2,1H3/t17-,26-/m1/s1. The fourth-order valence-electron chi connectivity index (χ4n) is 4.22. The molecule has 1 aliphatic heterocycles. The molecule has 34 heavy (non-hydrogen) atoms. The molecule has 6 nitrogen and oxygen atoms in total. The highest BCUT2D eigenvalue weighted by molar-refractivity contribution is 9.10. The first-order valence-electron chi connectivity index (χ1n) is 11.2. The van der Waals surface area contributed by atoms with E-state index in [9.17, 15) is 4.39 Å². The Balaban J connectivity index is 1.49. The molecule has 2 N–H and O–H groups in total. The van der Waals surface area contributed by atoms with Crippen LogP contribution in [0.25, 0.3) is 17.1 Å². The second kappa shape index (κ2) is 9.66. The number of nitrogens with two attached hydrogens (primary N) is 1. The molecule has 1 fully saturated rings. The van der Waals surface area contributed by atoms with Gasteiger partial charge in [0, 0.05) is 35.0 Å². The van der Waals surface area contributed by atoms with Gasteiger partial charge in [0.2, 0.25) is 0 Å². The summed E-state index contributed by atoms with van der Waals surface area (Å²) < 4.78 is 22.8. The third-order valence-electron chi connectivity index (χ3n) is 5.92. The number of benzene rings is 2. The van der Waals surface area contributed by atoms with Gasteiger partial charge in [0.1, 0.15) is 17.7 Å². The summed E-state index contributed by atoms with van der Waals surface area (Å²) in [6, 6.07) is 19.0. The summed E-state index contributed by atoms with van der Waals surface area (Å²) in [5.41, 5.74) is 10.9. The number of rotatable bonds is 6. The molecule has 8 heteroatoms. The van der Waals surface area contributed by atoms with Gasteiger partial charge in [-0.1, -0.05) is 28.1 Å². The predicted octanol–water partition coefficient (Wildman–Crippen LogP) is 5.38. The van der Waals surface area contributed by atoms with Crippen LogP contribution in [-0.4, -0.2) is 38.9 Å². The van der Waals surface area contributed by atoms with Crippen LogP contribution in [0.3, 0.4) is 0 Å². The quantitative estimate of drug-likeness (QED) is 0.345. The van der Waals surface area contributed by atoms with Gasteiger partial charge in [0.25, 0.3) is 0 Å². The first-order chi connectivity index (χ1) is 16.5. The second-order valence-corrected chi connectivity index (χ2v) is 9.42. The van der Waals surface area contributed by atoms with Crippen molar-refractivity contribution < 1.29 is 9.13 Å². The van der Waals surface area contributed by atoms with Crippen LogP contribution in [-0.2, 0) is 11.2 Å². The lowest BCUT2D eigenvalue weighted by Gasteiger charge is -2.22. The number of nitrogens with zero attached hydrogens (tertiary/aromatic N) is 4. The van der Waals surface area contributed by atoms with Gasteiger partial charge in [0.15, 0.2) is 0 Å². The summed E-state index contributed by atoms with van der Waals surface area (Å²) in [5.74, 6) is -0.381. The molecular weight excluding hydrogens is 497 g/mol. The third kappa shape index (κ3) is 4.89. The molecule has 3 heterocycles. The van der Waals surface area contributed by atoms with E-state index in [0.29, 0.717) is 11.4 Å². The molecule has 5 rings (SSSR count). The van der Waals surface area contributed by atoms with Crippen LogP contribution in [0, 0.1) is 5.82 Å². The van der Waals surface area contributed by atoms with Gasteiger partial charge in [-0.15, -0.1) is 0 Å². The minimum Gasteiger partial charge on any atom is -0.399 e. The minimum absolute atomic E-state index is 0.0708. The van der Waals surface area contributed by atoms with Crippen molar-refractivity contribution in [1.82, 2.24) is 19.7 Å². The number of hydrogen-bond donors (Lipinski definition) is 1. The topological polar surface area (TPSA) is 69.2 Å². The average Bonchev–Trinajstić information content (AvgIpc) is 3.43. The zero-order chi connectivity index (χ0) is 23.7. The number of aromatic nitrogens is 3. The van der Waals surface area contributed by atoms with Crippen LogP contribution in [0.2, 0.25) is 0 Å². The van der Waals surface area contributed by atoms with Gasteiger partial charge < -0.3 is 10.5 Å². The summed E-state index contributed by atoms with van der Waals surface area (Å²) in [4.78, 5) is 6.62. The molecule has 1 saturated heterocycles. The van der Waals surface area contributed by atoms with Crippen molar-refractivity contribution in [1.29, 1.82) is 0 Å². The molecule has 0 amide bonds. The summed E-state index contributed by atoms with van der Waals surface area (Å²) in [6.07, 6.45) is 3.87. The van der Waals surface area contributed by atoms with Crippen LogP contribution < -0.4 is 5.73 Å². The SMILES string of the molecule is C[C@@H]1CN(CCc2ccc(N)cc2)[C@@H](c2cn(-c3ccc(Br)cc3)nc2-c2ccc(F)cn2)O1. The Kier molecular flexibility index (Phi) is 6.45. The van der Waals surface area contributed by atoms with Crippen LogP contribution >= 0.6 is 15.9 Å². The highest BCUT2D eigenvalue weighted by Crippen LogP contribution is 2.36. The van der Waals surface area contributed by atoms with Crippen molar-refractivity contribution >= 4 is 21.6 Å². The van der Waals surface area contributed by atoms with Crippen molar-refractivity contribution in [3.63, 3.8) is 0 Å². The van der Waals surface area contributed by atoms with Gasteiger partial charge in [-0.05, 0) is 67.4 Å². The summed E-state index contributed by atoms with van der Waals surface area (Å²) in [7, 11) is 0. The maximum absolute atomic E-state index is 13.6. The summed E-state index contributed by atoms with van der Waals surface area (Å²) in [6.45, 7) is 3.70. The summed E-state index contributed by atoms with van der Waals surface area (Å²) in [5, 5.41) is 4.84. The van der Waals surface area contributed by atoms with E-state index in [-0.39, 0.29) is 18.1 Å². The van der Waals surface area contributed by atoms with E-state index in [0.717, 1.165) is 40.9 Å². The first-order valence-corrected chi connectivity index (χ1v) is 12.0. The van der Waals surface area contributed by atoms with Crippen molar-refractivity contribution in [2.24, 2.45) is 0 Å². The number of halogens is 2. The number of pyridine rings is 1. The molecule has 0 spiro atoms.